The number of likely N-dealkylation sites (N-methyl/N-ethyl adjacent to an activating group) is 1. The smallest absolute Gasteiger partial charge is 0.126 e. The van der Waals surface area contributed by atoms with Gasteiger partial charge in [0.1, 0.15) is 24.9 Å². The van der Waals surface area contributed by atoms with Crippen LogP contribution in [-0.2, 0) is 11.3 Å². The van der Waals surface area contributed by atoms with E-state index >= 15 is 0 Å². The molecule has 2 N–H and O–H groups in total. The van der Waals surface area contributed by atoms with Crippen molar-refractivity contribution < 1.29 is 19.5 Å². The minimum Gasteiger partial charge on any atom is -0.497 e. The lowest BCUT2D eigenvalue weighted by Crippen LogP contribution is -3.08. The highest BCUT2D eigenvalue weighted by molar-refractivity contribution is 5.27. The second-order valence-electron chi connectivity index (χ2n) is 8.68. The lowest BCUT2D eigenvalue weighted by Gasteiger charge is -2.56. The first-order chi connectivity index (χ1) is 12.4. The molecule has 1 fully saturated rings. The molecule has 0 radical (unpaired) electrons. The number of benzene rings is 1. The fourth-order valence-electron chi connectivity index (χ4n) is 4.62. The van der Waals surface area contributed by atoms with E-state index in [0.29, 0.717) is 31.1 Å². The van der Waals surface area contributed by atoms with Gasteiger partial charge in [-0.05, 0) is 47.8 Å². The van der Waals surface area contributed by atoms with Gasteiger partial charge in [0.05, 0.1) is 27.4 Å². The number of aliphatic hydroxyl groups is 1. The van der Waals surface area contributed by atoms with Gasteiger partial charge in [-0.1, -0.05) is 32.1 Å². The summed E-state index contributed by atoms with van der Waals surface area (Å²) in [7, 11) is 3.78. The maximum absolute atomic E-state index is 10.3. The number of nitrogens with one attached hydrogen (secondary N) is 1. The summed E-state index contributed by atoms with van der Waals surface area (Å²) in [5.74, 6) is 2.41. The number of hydrogen-bond acceptors (Lipinski definition) is 3. The lowest BCUT2D eigenvalue weighted by atomic mass is 9.49. The number of rotatable bonds is 9. The number of ether oxygens (including phenoxy) is 2. The molecule has 4 nitrogen and oxygen atoms in total. The molecule has 0 aliphatic heterocycles. The van der Waals surface area contributed by atoms with Gasteiger partial charge < -0.3 is 19.5 Å². The van der Waals surface area contributed by atoms with Crippen molar-refractivity contribution in [2.75, 3.05) is 33.9 Å². The van der Waals surface area contributed by atoms with E-state index < -0.39 is 6.10 Å². The van der Waals surface area contributed by atoms with Gasteiger partial charge in [0.2, 0.25) is 0 Å². The van der Waals surface area contributed by atoms with Gasteiger partial charge in [0.25, 0.3) is 0 Å². The zero-order valence-corrected chi connectivity index (χ0v) is 16.6. The third kappa shape index (κ3) is 4.30. The van der Waals surface area contributed by atoms with Crippen LogP contribution in [0.1, 0.15) is 32.3 Å². The average molecular weight is 361 g/mol. The molecule has 1 aromatic rings. The van der Waals surface area contributed by atoms with Crippen LogP contribution < -0.4 is 9.64 Å². The molecule has 4 atom stereocenters. The molecule has 4 rings (SSSR count). The van der Waals surface area contributed by atoms with E-state index in [-0.39, 0.29) is 0 Å². The topological polar surface area (TPSA) is 43.1 Å². The Morgan fingerprint density at radius 2 is 2.15 bits per heavy atom. The van der Waals surface area contributed by atoms with Crippen LogP contribution >= 0.6 is 0 Å². The standard InChI is InChI=1S/C22H33NO3/c1-22(2)18-9-8-17(21(22)11-18)14-26-15-19(24)13-23(3)12-16-6-5-7-20(10-16)25-4/h5-8,10,18-19,21,24H,9,11-15H2,1-4H3/p+1/t18-,19+,21-/m0/s1. The van der Waals surface area contributed by atoms with Crippen molar-refractivity contribution in [2.45, 2.75) is 39.3 Å². The average Bonchev–Trinajstić information content (AvgIpc) is 2.61. The predicted molar refractivity (Wildman–Crippen MR) is 103 cm³/mol. The van der Waals surface area contributed by atoms with E-state index in [9.17, 15) is 5.11 Å². The quantitative estimate of drug-likeness (QED) is 0.663. The first kappa shape index (κ1) is 19.4. The minimum absolute atomic E-state index is 0.406. The van der Waals surface area contributed by atoms with Crippen LogP contribution in [0, 0.1) is 17.3 Å². The Labute approximate surface area is 157 Å². The summed E-state index contributed by atoms with van der Waals surface area (Å²) in [5.41, 5.74) is 3.10. The molecule has 4 heteroatoms. The molecule has 144 valence electrons. The maximum atomic E-state index is 10.3. The van der Waals surface area contributed by atoms with Gasteiger partial charge in [0, 0.05) is 5.56 Å². The summed E-state index contributed by atoms with van der Waals surface area (Å²) in [6.07, 6.45) is 4.44. The van der Waals surface area contributed by atoms with Crippen LogP contribution in [0.5, 0.6) is 5.75 Å². The van der Waals surface area contributed by atoms with E-state index in [0.717, 1.165) is 18.2 Å². The molecular formula is C22H34NO3+. The zero-order chi connectivity index (χ0) is 18.7. The summed E-state index contributed by atoms with van der Waals surface area (Å²) >= 11 is 0. The molecule has 3 aliphatic carbocycles. The third-order valence-electron chi connectivity index (χ3n) is 6.39. The fourth-order valence-corrected chi connectivity index (χ4v) is 4.62. The Morgan fingerprint density at radius 1 is 1.35 bits per heavy atom. The summed E-state index contributed by atoms with van der Waals surface area (Å²) < 4.78 is 11.1. The summed E-state index contributed by atoms with van der Waals surface area (Å²) in [6.45, 7) is 7.37. The summed E-state index contributed by atoms with van der Waals surface area (Å²) in [6, 6.07) is 8.10. The van der Waals surface area contributed by atoms with Gasteiger partial charge in [0.15, 0.2) is 0 Å². The van der Waals surface area contributed by atoms with E-state index in [1.165, 1.54) is 28.9 Å². The molecule has 0 spiro atoms. The van der Waals surface area contributed by atoms with E-state index in [2.05, 4.69) is 39.1 Å². The first-order valence-corrected chi connectivity index (χ1v) is 9.79. The van der Waals surface area contributed by atoms with Gasteiger partial charge in [-0.2, -0.15) is 0 Å². The lowest BCUT2D eigenvalue weighted by molar-refractivity contribution is -0.897. The highest BCUT2D eigenvalue weighted by atomic mass is 16.5. The number of quaternary nitrogens is 1. The Balaban J connectivity index is 1.38. The number of fused-ring (bicyclic) bond motifs is 1. The van der Waals surface area contributed by atoms with Crippen molar-refractivity contribution in [2.24, 2.45) is 17.3 Å². The Morgan fingerprint density at radius 3 is 2.85 bits per heavy atom. The van der Waals surface area contributed by atoms with Gasteiger partial charge in [-0.3, -0.25) is 0 Å². The summed E-state index contributed by atoms with van der Waals surface area (Å²) in [4.78, 5) is 1.26. The maximum Gasteiger partial charge on any atom is 0.126 e. The van der Waals surface area contributed by atoms with E-state index in [1.807, 2.05) is 12.1 Å². The Bertz CT molecular complexity index is 640. The van der Waals surface area contributed by atoms with Crippen molar-refractivity contribution in [3.05, 3.63) is 41.5 Å². The predicted octanol–water partition coefficient (Wildman–Crippen LogP) is 2.08. The van der Waals surface area contributed by atoms with E-state index in [1.54, 1.807) is 7.11 Å². The molecule has 1 unspecified atom stereocenters. The van der Waals surface area contributed by atoms with Crippen LogP contribution in [0.15, 0.2) is 35.9 Å². The molecule has 26 heavy (non-hydrogen) atoms. The number of allylic oxidation sites excluding steroid dienone is 1. The summed E-state index contributed by atoms with van der Waals surface area (Å²) in [5, 5.41) is 10.3. The molecule has 0 amide bonds. The van der Waals surface area contributed by atoms with Crippen molar-refractivity contribution >= 4 is 0 Å². The molecule has 3 aliphatic rings. The molecule has 1 aromatic carbocycles. The Kier molecular flexibility index (Phi) is 6.06. The highest BCUT2D eigenvalue weighted by Gasteiger charge is 2.50. The number of methoxy groups -OCH3 is 1. The fraction of sp³-hybridized carbons (Fsp3) is 0.636. The third-order valence-corrected chi connectivity index (χ3v) is 6.39. The monoisotopic (exact) mass is 360 g/mol. The van der Waals surface area contributed by atoms with Crippen molar-refractivity contribution in [1.82, 2.24) is 0 Å². The SMILES string of the molecule is COc1cccc(C[NH+](C)C[C@@H](O)COCC2=CC[C@H]3C[C@@H]2C3(C)C)c1. The highest BCUT2D eigenvalue weighted by Crippen LogP contribution is 2.59. The normalized spacial score (nSPS) is 25.8. The van der Waals surface area contributed by atoms with E-state index in [4.69, 9.17) is 9.47 Å². The molecular weight excluding hydrogens is 326 g/mol. The zero-order valence-electron chi connectivity index (χ0n) is 16.6. The molecule has 0 saturated heterocycles. The van der Waals surface area contributed by atoms with Gasteiger partial charge in [-0.25, -0.2) is 0 Å². The van der Waals surface area contributed by atoms with Crippen molar-refractivity contribution in [3.8, 4) is 5.75 Å². The number of hydrogen-bond donors (Lipinski definition) is 2. The molecule has 2 bridgehead atoms. The van der Waals surface area contributed by atoms with Crippen molar-refractivity contribution in [3.63, 3.8) is 0 Å². The van der Waals surface area contributed by atoms with Crippen molar-refractivity contribution in [1.29, 1.82) is 0 Å². The van der Waals surface area contributed by atoms with Crippen LogP contribution in [-0.4, -0.2) is 45.1 Å². The van der Waals surface area contributed by atoms with Crippen LogP contribution in [0.3, 0.4) is 0 Å². The second kappa shape index (κ2) is 8.12. The van der Waals surface area contributed by atoms with Crippen LogP contribution in [0.2, 0.25) is 0 Å². The minimum atomic E-state index is -0.438. The number of aliphatic hydroxyl groups excluding tert-OH is 1. The van der Waals surface area contributed by atoms with Crippen LogP contribution in [0.25, 0.3) is 0 Å². The first-order valence-electron chi connectivity index (χ1n) is 9.79. The second-order valence-corrected chi connectivity index (χ2v) is 8.68. The molecule has 0 aromatic heterocycles. The van der Waals surface area contributed by atoms with Gasteiger partial charge in [-0.15, -0.1) is 0 Å². The van der Waals surface area contributed by atoms with Gasteiger partial charge >= 0.3 is 0 Å². The molecule has 1 saturated carbocycles. The van der Waals surface area contributed by atoms with Crippen LogP contribution in [0.4, 0.5) is 0 Å². The molecule has 0 heterocycles. The Hall–Kier alpha value is -1.36. The largest absolute Gasteiger partial charge is 0.497 e.